The van der Waals surface area contributed by atoms with E-state index in [0.29, 0.717) is 19.8 Å². The molecule has 3 nitrogen and oxygen atoms in total. The number of rotatable bonds is 3. The molecule has 2 atom stereocenters. The van der Waals surface area contributed by atoms with E-state index in [2.05, 4.69) is 0 Å². The lowest BCUT2D eigenvalue weighted by Gasteiger charge is -2.27. The van der Waals surface area contributed by atoms with E-state index in [-0.39, 0.29) is 11.5 Å². The first-order chi connectivity index (χ1) is 8.22. The lowest BCUT2D eigenvalue weighted by atomic mass is 10.0. The van der Waals surface area contributed by atoms with Gasteiger partial charge in [0.15, 0.2) is 0 Å². The highest BCUT2D eigenvalue weighted by Crippen LogP contribution is 2.31. The molecule has 0 saturated carbocycles. The zero-order valence-corrected chi connectivity index (χ0v) is 10.9. The zero-order valence-electron chi connectivity index (χ0n) is 10.1. The van der Waals surface area contributed by atoms with Gasteiger partial charge in [-0.15, -0.1) is 11.6 Å². The lowest BCUT2D eigenvalue weighted by molar-refractivity contribution is -0.0892. The smallest absolute Gasteiger partial charge is 0.119 e. The summed E-state index contributed by atoms with van der Waals surface area (Å²) in [7, 11) is 1.66. The van der Waals surface area contributed by atoms with Crippen LogP contribution in [0.25, 0.3) is 0 Å². The van der Waals surface area contributed by atoms with Crippen LogP contribution in [0.5, 0.6) is 5.75 Å². The van der Waals surface area contributed by atoms with E-state index in [9.17, 15) is 0 Å². The van der Waals surface area contributed by atoms with Crippen LogP contribution in [-0.2, 0) is 9.47 Å². The van der Waals surface area contributed by atoms with Crippen LogP contribution in [0.1, 0.15) is 16.5 Å². The largest absolute Gasteiger partial charge is 0.497 e. The SMILES string of the molecule is COc1ccc(C(Cl)C2COCCO2)c(C)c1. The number of methoxy groups -OCH3 is 1. The van der Waals surface area contributed by atoms with Crippen LogP contribution in [0.15, 0.2) is 18.2 Å². The molecule has 1 fully saturated rings. The van der Waals surface area contributed by atoms with Crippen molar-refractivity contribution >= 4 is 11.6 Å². The predicted octanol–water partition coefficient (Wildman–Crippen LogP) is 2.70. The molecule has 0 radical (unpaired) electrons. The second-order valence-electron chi connectivity index (χ2n) is 4.11. The van der Waals surface area contributed by atoms with Gasteiger partial charge in [-0.2, -0.15) is 0 Å². The molecule has 1 aliphatic rings. The predicted molar refractivity (Wildman–Crippen MR) is 66.9 cm³/mol. The van der Waals surface area contributed by atoms with Crippen molar-refractivity contribution in [2.75, 3.05) is 26.9 Å². The number of aryl methyl sites for hydroxylation is 1. The summed E-state index contributed by atoms with van der Waals surface area (Å²) < 4.78 is 16.2. The minimum absolute atomic E-state index is 0.0717. The molecule has 1 heterocycles. The zero-order chi connectivity index (χ0) is 12.3. The molecule has 0 N–H and O–H groups in total. The highest BCUT2D eigenvalue weighted by atomic mass is 35.5. The summed E-state index contributed by atoms with van der Waals surface area (Å²) in [5.41, 5.74) is 2.18. The Hall–Kier alpha value is -0.770. The lowest BCUT2D eigenvalue weighted by Crippen LogP contribution is -2.32. The van der Waals surface area contributed by atoms with Crippen molar-refractivity contribution in [1.29, 1.82) is 0 Å². The van der Waals surface area contributed by atoms with Gasteiger partial charge in [-0.05, 0) is 30.2 Å². The van der Waals surface area contributed by atoms with Gasteiger partial charge in [0.05, 0.1) is 32.3 Å². The molecule has 2 unspecified atom stereocenters. The fourth-order valence-electron chi connectivity index (χ4n) is 1.96. The van der Waals surface area contributed by atoms with Gasteiger partial charge in [-0.1, -0.05) is 6.07 Å². The molecule has 2 rings (SSSR count). The van der Waals surface area contributed by atoms with Crippen LogP contribution in [0.2, 0.25) is 0 Å². The first-order valence-electron chi connectivity index (χ1n) is 5.70. The van der Waals surface area contributed by atoms with E-state index in [1.54, 1.807) is 7.11 Å². The molecule has 1 aromatic rings. The van der Waals surface area contributed by atoms with Crippen molar-refractivity contribution in [3.05, 3.63) is 29.3 Å². The van der Waals surface area contributed by atoms with E-state index >= 15 is 0 Å². The summed E-state index contributed by atoms with van der Waals surface area (Å²) in [6, 6.07) is 5.89. The maximum Gasteiger partial charge on any atom is 0.119 e. The molecule has 1 aromatic carbocycles. The van der Waals surface area contributed by atoms with Gasteiger partial charge >= 0.3 is 0 Å². The van der Waals surface area contributed by atoms with E-state index in [1.165, 1.54) is 0 Å². The Morgan fingerprint density at radius 2 is 2.24 bits per heavy atom. The van der Waals surface area contributed by atoms with E-state index in [1.807, 2.05) is 25.1 Å². The van der Waals surface area contributed by atoms with Crippen molar-refractivity contribution in [3.8, 4) is 5.75 Å². The van der Waals surface area contributed by atoms with Crippen molar-refractivity contribution in [3.63, 3.8) is 0 Å². The fraction of sp³-hybridized carbons (Fsp3) is 0.538. The Morgan fingerprint density at radius 3 is 2.82 bits per heavy atom. The van der Waals surface area contributed by atoms with Gasteiger partial charge in [-0.3, -0.25) is 0 Å². The number of alkyl halides is 1. The number of hydrogen-bond donors (Lipinski definition) is 0. The summed E-state index contributed by atoms with van der Waals surface area (Å²) in [5, 5.41) is -0.179. The van der Waals surface area contributed by atoms with E-state index < -0.39 is 0 Å². The molecule has 94 valence electrons. The van der Waals surface area contributed by atoms with Crippen LogP contribution in [0, 0.1) is 6.92 Å². The van der Waals surface area contributed by atoms with Gasteiger partial charge in [0.2, 0.25) is 0 Å². The Bertz CT molecular complexity index is 375. The molecular weight excluding hydrogens is 240 g/mol. The number of hydrogen-bond acceptors (Lipinski definition) is 3. The standard InChI is InChI=1S/C13H17ClO3/c1-9-7-10(15-2)3-4-11(9)13(14)12-8-16-5-6-17-12/h3-4,7,12-13H,5-6,8H2,1-2H3. The van der Waals surface area contributed by atoms with Crippen LogP contribution in [0.3, 0.4) is 0 Å². The summed E-state index contributed by atoms with van der Waals surface area (Å²) in [4.78, 5) is 0. The molecule has 17 heavy (non-hydrogen) atoms. The highest BCUT2D eigenvalue weighted by Gasteiger charge is 2.25. The molecule has 1 saturated heterocycles. The van der Waals surface area contributed by atoms with Crippen molar-refractivity contribution in [2.45, 2.75) is 18.4 Å². The van der Waals surface area contributed by atoms with Gasteiger partial charge in [0.1, 0.15) is 11.9 Å². The third kappa shape index (κ3) is 2.92. The Labute approximate surface area is 107 Å². The molecule has 0 aromatic heterocycles. The molecule has 0 bridgehead atoms. The van der Waals surface area contributed by atoms with E-state index in [4.69, 9.17) is 25.8 Å². The van der Waals surface area contributed by atoms with Crippen molar-refractivity contribution in [1.82, 2.24) is 0 Å². The average molecular weight is 257 g/mol. The quantitative estimate of drug-likeness (QED) is 0.779. The molecule has 1 aliphatic heterocycles. The van der Waals surface area contributed by atoms with Crippen LogP contribution in [-0.4, -0.2) is 33.0 Å². The maximum absolute atomic E-state index is 6.44. The average Bonchev–Trinajstić information content (AvgIpc) is 2.39. The van der Waals surface area contributed by atoms with Gasteiger partial charge in [0.25, 0.3) is 0 Å². The Kier molecular flexibility index (Phi) is 4.26. The molecule has 0 aliphatic carbocycles. The third-order valence-corrected chi connectivity index (χ3v) is 3.46. The highest BCUT2D eigenvalue weighted by molar-refractivity contribution is 6.21. The van der Waals surface area contributed by atoms with Gasteiger partial charge in [-0.25, -0.2) is 0 Å². The third-order valence-electron chi connectivity index (χ3n) is 2.94. The second-order valence-corrected chi connectivity index (χ2v) is 4.58. The van der Waals surface area contributed by atoms with Gasteiger partial charge < -0.3 is 14.2 Å². The summed E-state index contributed by atoms with van der Waals surface area (Å²) in [6.45, 7) is 3.85. The first kappa shape index (κ1) is 12.7. The Morgan fingerprint density at radius 1 is 1.41 bits per heavy atom. The number of halogens is 1. The van der Waals surface area contributed by atoms with Crippen molar-refractivity contribution in [2.24, 2.45) is 0 Å². The number of benzene rings is 1. The van der Waals surface area contributed by atoms with Crippen LogP contribution < -0.4 is 4.74 Å². The first-order valence-corrected chi connectivity index (χ1v) is 6.14. The van der Waals surface area contributed by atoms with E-state index in [0.717, 1.165) is 16.9 Å². The van der Waals surface area contributed by atoms with Crippen LogP contribution >= 0.6 is 11.6 Å². The minimum atomic E-state index is -0.179. The summed E-state index contributed by atoms with van der Waals surface area (Å²) >= 11 is 6.44. The fourth-order valence-corrected chi connectivity index (χ4v) is 2.35. The van der Waals surface area contributed by atoms with Crippen molar-refractivity contribution < 1.29 is 14.2 Å². The Balaban J connectivity index is 2.15. The maximum atomic E-state index is 6.44. The van der Waals surface area contributed by atoms with Gasteiger partial charge in [0, 0.05) is 0 Å². The second kappa shape index (κ2) is 5.71. The molecule has 4 heteroatoms. The minimum Gasteiger partial charge on any atom is -0.497 e. The normalized spacial score (nSPS) is 22.2. The molecular formula is C13H17ClO3. The molecule has 0 amide bonds. The molecule has 0 spiro atoms. The topological polar surface area (TPSA) is 27.7 Å². The summed E-state index contributed by atoms with van der Waals surface area (Å²) in [6.07, 6.45) is -0.0717. The summed E-state index contributed by atoms with van der Waals surface area (Å²) in [5.74, 6) is 0.843. The van der Waals surface area contributed by atoms with Crippen LogP contribution in [0.4, 0.5) is 0 Å². The number of ether oxygens (including phenoxy) is 3. The monoisotopic (exact) mass is 256 g/mol.